The maximum absolute atomic E-state index is 12.6. The first-order valence-electron chi connectivity index (χ1n) is 5.60. The molecular formula is C13H15FO3. The summed E-state index contributed by atoms with van der Waals surface area (Å²) in [5.41, 5.74) is 0.504. The summed E-state index contributed by atoms with van der Waals surface area (Å²) in [5, 5.41) is 8.42. The standard InChI is InChI=1S/C13H15FO3/c14-11-8-6-10(7-9-11)12(15)4-2-1-3-5-13(16)17/h6-9H,1-5H2,(H,16,17). The quantitative estimate of drug-likeness (QED) is 0.586. The lowest BCUT2D eigenvalue weighted by molar-refractivity contribution is -0.137. The number of ketones is 1. The number of carboxylic acids is 1. The normalized spacial score (nSPS) is 10.2. The average Bonchev–Trinajstić information content (AvgIpc) is 2.29. The van der Waals surface area contributed by atoms with Crippen LogP contribution in [0, 0.1) is 5.82 Å². The van der Waals surface area contributed by atoms with Crippen molar-refractivity contribution in [2.45, 2.75) is 32.1 Å². The highest BCUT2D eigenvalue weighted by molar-refractivity contribution is 5.95. The lowest BCUT2D eigenvalue weighted by atomic mass is 10.0. The first-order valence-corrected chi connectivity index (χ1v) is 5.60. The van der Waals surface area contributed by atoms with Gasteiger partial charge in [-0.15, -0.1) is 0 Å². The predicted molar refractivity (Wildman–Crippen MR) is 61.5 cm³/mol. The highest BCUT2D eigenvalue weighted by Gasteiger charge is 2.05. The molecule has 3 nitrogen and oxygen atoms in total. The van der Waals surface area contributed by atoms with E-state index < -0.39 is 5.97 Å². The van der Waals surface area contributed by atoms with Crippen LogP contribution in [0.4, 0.5) is 4.39 Å². The van der Waals surface area contributed by atoms with Crippen LogP contribution in [-0.2, 0) is 4.79 Å². The summed E-state index contributed by atoms with van der Waals surface area (Å²) in [6.07, 6.45) is 2.50. The van der Waals surface area contributed by atoms with Gasteiger partial charge in [0.05, 0.1) is 0 Å². The molecule has 1 N–H and O–H groups in total. The van der Waals surface area contributed by atoms with E-state index in [1.807, 2.05) is 0 Å². The van der Waals surface area contributed by atoms with E-state index in [0.29, 0.717) is 24.8 Å². The highest BCUT2D eigenvalue weighted by Crippen LogP contribution is 2.10. The second kappa shape index (κ2) is 6.78. The Hall–Kier alpha value is -1.71. The van der Waals surface area contributed by atoms with Gasteiger partial charge in [-0.2, -0.15) is 0 Å². The van der Waals surface area contributed by atoms with E-state index in [0.717, 1.165) is 6.42 Å². The van der Waals surface area contributed by atoms with Gasteiger partial charge in [-0.1, -0.05) is 6.42 Å². The molecule has 1 aromatic carbocycles. The molecule has 0 fully saturated rings. The van der Waals surface area contributed by atoms with Gasteiger partial charge < -0.3 is 5.11 Å². The van der Waals surface area contributed by atoms with E-state index in [1.165, 1.54) is 24.3 Å². The average molecular weight is 238 g/mol. The zero-order valence-corrected chi connectivity index (χ0v) is 9.49. The Morgan fingerprint density at radius 3 is 2.18 bits per heavy atom. The van der Waals surface area contributed by atoms with E-state index in [9.17, 15) is 14.0 Å². The smallest absolute Gasteiger partial charge is 0.303 e. The Kier molecular flexibility index (Phi) is 5.33. The molecule has 0 heterocycles. The summed E-state index contributed by atoms with van der Waals surface area (Å²) in [7, 11) is 0. The first-order chi connectivity index (χ1) is 8.09. The van der Waals surface area contributed by atoms with Crippen LogP contribution in [-0.4, -0.2) is 16.9 Å². The minimum Gasteiger partial charge on any atom is -0.481 e. The first kappa shape index (κ1) is 13.4. The minimum absolute atomic E-state index is 0.0275. The molecule has 0 saturated carbocycles. The molecule has 0 saturated heterocycles. The monoisotopic (exact) mass is 238 g/mol. The number of carbonyl (C=O) groups excluding carboxylic acids is 1. The lowest BCUT2D eigenvalue weighted by Gasteiger charge is -2.00. The van der Waals surface area contributed by atoms with Gasteiger partial charge in [0.2, 0.25) is 0 Å². The maximum Gasteiger partial charge on any atom is 0.303 e. The largest absolute Gasteiger partial charge is 0.481 e. The molecule has 0 spiro atoms. The molecule has 1 aromatic rings. The summed E-state index contributed by atoms with van der Waals surface area (Å²) in [6, 6.07) is 5.46. The van der Waals surface area contributed by atoms with Crippen LogP contribution in [0.1, 0.15) is 42.5 Å². The molecule has 17 heavy (non-hydrogen) atoms. The minimum atomic E-state index is -0.810. The highest BCUT2D eigenvalue weighted by atomic mass is 19.1. The number of benzene rings is 1. The van der Waals surface area contributed by atoms with Crippen LogP contribution >= 0.6 is 0 Å². The van der Waals surface area contributed by atoms with Crippen LogP contribution in [0.2, 0.25) is 0 Å². The molecule has 0 unspecified atom stereocenters. The van der Waals surface area contributed by atoms with Crippen LogP contribution in [0.3, 0.4) is 0 Å². The van der Waals surface area contributed by atoms with Crippen molar-refractivity contribution in [3.8, 4) is 0 Å². The van der Waals surface area contributed by atoms with Crippen molar-refractivity contribution in [2.24, 2.45) is 0 Å². The third kappa shape index (κ3) is 5.24. The second-order valence-electron chi connectivity index (χ2n) is 3.88. The van der Waals surface area contributed by atoms with Gasteiger partial charge in [0.1, 0.15) is 5.82 Å². The predicted octanol–water partition coefficient (Wildman–Crippen LogP) is 3.04. The van der Waals surface area contributed by atoms with Crippen LogP contribution in [0.25, 0.3) is 0 Å². The van der Waals surface area contributed by atoms with Crippen molar-refractivity contribution in [1.29, 1.82) is 0 Å². The molecule has 0 atom stereocenters. The molecule has 0 amide bonds. The van der Waals surface area contributed by atoms with Gasteiger partial charge in [-0.05, 0) is 37.1 Å². The Balaban J connectivity index is 2.25. The number of unbranched alkanes of at least 4 members (excludes halogenated alkanes) is 2. The van der Waals surface area contributed by atoms with E-state index in [2.05, 4.69) is 0 Å². The fraction of sp³-hybridized carbons (Fsp3) is 0.385. The molecule has 0 aromatic heterocycles. The van der Waals surface area contributed by atoms with Crippen LogP contribution in [0.5, 0.6) is 0 Å². The van der Waals surface area contributed by atoms with Gasteiger partial charge in [0.15, 0.2) is 5.78 Å². The van der Waals surface area contributed by atoms with Crippen molar-refractivity contribution in [1.82, 2.24) is 0 Å². The molecule has 0 aliphatic rings. The topological polar surface area (TPSA) is 54.4 Å². The Bertz CT molecular complexity index is 384. The summed E-state index contributed by atoms with van der Waals surface area (Å²) < 4.78 is 12.6. The van der Waals surface area contributed by atoms with Crippen molar-refractivity contribution in [3.05, 3.63) is 35.6 Å². The van der Waals surface area contributed by atoms with Crippen LogP contribution < -0.4 is 0 Å². The number of hydrogen-bond acceptors (Lipinski definition) is 2. The Labute approximate surface area is 99.3 Å². The van der Waals surface area contributed by atoms with Gasteiger partial charge in [0.25, 0.3) is 0 Å². The Morgan fingerprint density at radius 2 is 1.59 bits per heavy atom. The van der Waals surface area contributed by atoms with Gasteiger partial charge >= 0.3 is 5.97 Å². The van der Waals surface area contributed by atoms with E-state index in [4.69, 9.17) is 5.11 Å². The van der Waals surface area contributed by atoms with Crippen LogP contribution in [0.15, 0.2) is 24.3 Å². The molecule has 92 valence electrons. The molecule has 0 aliphatic carbocycles. The Morgan fingerprint density at radius 1 is 1.00 bits per heavy atom. The van der Waals surface area contributed by atoms with Crippen molar-refractivity contribution < 1.29 is 19.1 Å². The molecule has 0 bridgehead atoms. The van der Waals surface area contributed by atoms with Crippen molar-refractivity contribution >= 4 is 11.8 Å². The summed E-state index contributed by atoms with van der Waals surface area (Å²) in [4.78, 5) is 21.9. The fourth-order valence-electron chi connectivity index (χ4n) is 1.52. The molecular weight excluding hydrogens is 223 g/mol. The number of rotatable bonds is 7. The van der Waals surface area contributed by atoms with Gasteiger partial charge in [-0.25, -0.2) is 4.39 Å². The molecule has 4 heteroatoms. The SMILES string of the molecule is O=C(O)CCCCCC(=O)c1ccc(F)cc1. The number of halogens is 1. The fourth-order valence-corrected chi connectivity index (χ4v) is 1.52. The summed E-state index contributed by atoms with van der Waals surface area (Å²) >= 11 is 0. The number of hydrogen-bond donors (Lipinski definition) is 1. The van der Waals surface area contributed by atoms with Crippen molar-refractivity contribution in [2.75, 3.05) is 0 Å². The second-order valence-corrected chi connectivity index (χ2v) is 3.88. The summed E-state index contributed by atoms with van der Waals surface area (Å²) in [5.74, 6) is -1.20. The maximum atomic E-state index is 12.6. The van der Waals surface area contributed by atoms with Gasteiger partial charge in [0, 0.05) is 18.4 Å². The lowest BCUT2D eigenvalue weighted by Crippen LogP contribution is -1.99. The number of carboxylic acid groups (broad SMARTS) is 1. The number of carbonyl (C=O) groups is 2. The zero-order chi connectivity index (χ0) is 12.7. The molecule has 1 rings (SSSR count). The molecule has 0 radical (unpaired) electrons. The third-order valence-corrected chi connectivity index (χ3v) is 2.46. The van der Waals surface area contributed by atoms with Crippen molar-refractivity contribution in [3.63, 3.8) is 0 Å². The van der Waals surface area contributed by atoms with E-state index >= 15 is 0 Å². The zero-order valence-electron chi connectivity index (χ0n) is 9.49. The molecule has 0 aliphatic heterocycles. The van der Waals surface area contributed by atoms with Gasteiger partial charge in [-0.3, -0.25) is 9.59 Å². The summed E-state index contributed by atoms with van der Waals surface area (Å²) in [6.45, 7) is 0. The third-order valence-electron chi connectivity index (χ3n) is 2.46. The number of Topliss-reactive ketones (excluding diaryl/α,β-unsaturated/α-hetero) is 1. The van der Waals surface area contributed by atoms with E-state index in [1.54, 1.807) is 0 Å². The van der Waals surface area contributed by atoms with E-state index in [-0.39, 0.29) is 18.0 Å². The number of aliphatic carboxylic acids is 1.